The molecule has 0 saturated carbocycles. The van der Waals surface area contributed by atoms with E-state index in [2.05, 4.69) is 4.90 Å². The van der Waals surface area contributed by atoms with Gasteiger partial charge in [0, 0.05) is 24.5 Å². The molecule has 2 rings (SSSR count). The van der Waals surface area contributed by atoms with Gasteiger partial charge in [-0.15, -0.1) is 0 Å². The Labute approximate surface area is 109 Å². The van der Waals surface area contributed by atoms with E-state index in [9.17, 15) is 18.0 Å². The number of nitrogens with one attached hydrogen (secondary N) is 1. The summed E-state index contributed by atoms with van der Waals surface area (Å²) in [7, 11) is 0. The topological polar surface area (TPSA) is 32.3 Å². The first-order valence-electron chi connectivity index (χ1n) is 6.12. The molecule has 0 unspecified atom stereocenters. The van der Waals surface area contributed by atoms with Gasteiger partial charge in [0.1, 0.15) is 0 Å². The number of carbonyl (C=O) groups excluding carboxylic acids is 1. The maximum atomic E-state index is 12.1. The zero-order valence-corrected chi connectivity index (χ0v) is 10.5. The van der Waals surface area contributed by atoms with Gasteiger partial charge in [-0.3, -0.25) is 4.79 Å². The zero-order chi connectivity index (χ0) is 14.0. The summed E-state index contributed by atoms with van der Waals surface area (Å²) in [5.41, 5.74) is 2.05. The smallest absolute Gasteiger partial charge is 0.371 e. The van der Waals surface area contributed by atoms with Gasteiger partial charge in [-0.1, -0.05) is 0 Å². The highest BCUT2D eigenvalue weighted by atomic mass is 19.4. The summed E-state index contributed by atoms with van der Waals surface area (Å²) in [4.78, 5) is 13.0. The molecular formula is C13H15F3N2O. The number of aryl methyl sites for hydroxylation is 1. The van der Waals surface area contributed by atoms with E-state index in [-0.39, 0.29) is 5.69 Å². The van der Waals surface area contributed by atoms with Gasteiger partial charge >= 0.3 is 12.1 Å². The first kappa shape index (κ1) is 13.7. The van der Waals surface area contributed by atoms with Crippen LogP contribution >= 0.6 is 0 Å². The van der Waals surface area contributed by atoms with Crippen molar-refractivity contribution in [3.05, 3.63) is 23.8 Å². The molecule has 0 atom stereocenters. The summed E-state index contributed by atoms with van der Waals surface area (Å²) < 4.78 is 36.4. The number of rotatable bonds is 2. The van der Waals surface area contributed by atoms with Crippen LogP contribution in [0.2, 0.25) is 0 Å². The summed E-state index contributed by atoms with van der Waals surface area (Å²) >= 11 is 0. The van der Waals surface area contributed by atoms with Crippen molar-refractivity contribution in [2.24, 2.45) is 0 Å². The van der Waals surface area contributed by atoms with E-state index in [1.54, 1.807) is 12.1 Å². The Morgan fingerprint density at radius 1 is 1.26 bits per heavy atom. The lowest BCUT2D eigenvalue weighted by atomic mass is 10.1. The van der Waals surface area contributed by atoms with Crippen LogP contribution in [-0.2, 0) is 4.79 Å². The van der Waals surface area contributed by atoms with Gasteiger partial charge in [0.25, 0.3) is 0 Å². The highest BCUT2D eigenvalue weighted by Gasteiger charge is 2.38. The summed E-state index contributed by atoms with van der Waals surface area (Å²) in [5.74, 6) is -1.94. The van der Waals surface area contributed by atoms with Crippen LogP contribution < -0.4 is 10.2 Å². The number of anilines is 2. The Morgan fingerprint density at radius 3 is 2.42 bits per heavy atom. The molecule has 0 aliphatic carbocycles. The lowest BCUT2D eigenvalue weighted by Crippen LogP contribution is -2.30. The molecule has 104 valence electrons. The van der Waals surface area contributed by atoms with E-state index < -0.39 is 12.1 Å². The van der Waals surface area contributed by atoms with Gasteiger partial charge in [-0.2, -0.15) is 13.2 Å². The molecule has 1 aromatic carbocycles. The standard InChI is InChI=1S/C13H15F3N2O/c1-9-8-10(17-12(19)13(14,15)16)4-5-11(9)18-6-2-3-7-18/h4-5,8H,2-3,6-7H2,1H3,(H,17,19). The molecule has 3 nitrogen and oxygen atoms in total. The van der Waals surface area contributed by atoms with E-state index in [0.717, 1.165) is 37.2 Å². The van der Waals surface area contributed by atoms with Crippen LogP contribution in [-0.4, -0.2) is 25.2 Å². The minimum Gasteiger partial charge on any atom is -0.371 e. The number of hydrogen-bond acceptors (Lipinski definition) is 2. The van der Waals surface area contributed by atoms with Crippen molar-refractivity contribution < 1.29 is 18.0 Å². The van der Waals surface area contributed by atoms with Crippen molar-refractivity contribution in [3.8, 4) is 0 Å². The molecule has 1 aliphatic rings. The van der Waals surface area contributed by atoms with Crippen LogP contribution in [0.15, 0.2) is 18.2 Å². The van der Waals surface area contributed by atoms with Gasteiger partial charge in [-0.25, -0.2) is 0 Å². The van der Waals surface area contributed by atoms with Gasteiger partial charge in [0.05, 0.1) is 0 Å². The first-order chi connectivity index (χ1) is 8.88. The summed E-state index contributed by atoms with van der Waals surface area (Å²) in [5, 5.41) is 1.86. The molecule has 1 heterocycles. The second-order valence-electron chi connectivity index (χ2n) is 4.65. The number of carbonyl (C=O) groups is 1. The number of nitrogens with zero attached hydrogens (tertiary/aromatic N) is 1. The second kappa shape index (κ2) is 5.11. The summed E-state index contributed by atoms with van der Waals surface area (Å²) in [6.45, 7) is 3.76. The van der Waals surface area contributed by atoms with E-state index in [4.69, 9.17) is 0 Å². The van der Waals surface area contributed by atoms with E-state index in [1.807, 2.05) is 12.2 Å². The molecule has 6 heteroatoms. The molecule has 1 saturated heterocycles. The molecule has 1 N–H and O–H groups in total. The third-order valence-corrected chi connectivity index (χ3v) is 3.16. The quantitative estimate of drug-likeness (QED) is 0.897. The highest BCUT2D eigenvalue weighted by Crippen LogP contribution is 2.27. The van der Waals surface area contributed by atoms with Crippen LogP contribution in [0.25, 0.3) is 0 Å². The molecule has 0 bridgehead atoms. The fourth-order valence-electron chi connectivity index (χ4n) is 2.25. The Balaban J connectivity index is 2.12. The summed E-state index contributed by atoms with van der Waals surface area (Å²) in [6.07, 6.45) is -2.60. The van der Waals surface area contributed by atoms with Crippen LogP contribution in [0, 0.1) is 6.92 Å². The van der Waals surface area contributed by atoms with Crippen molar-refractivity contribution in [1.29, 1.82) is 0 Å². The minimum absolute atomic E-state index is 0.169. The predicted octanol–water partition coefficient (Wildman–Crippen LogP) is 3.10. The van der Waals surface area contributed by atoms with Crippen LogP contribution in [0.5, 0.6) is 0 Å². The predicted molar refractivity (Wildman–Crippen MR) is 67.3 cm³/mol. The monoisotopic (exact) mass is 272 g/mol. The van der Waals surface area contributed by atoms with Crippen LogP contribution in [0.1, 0.15) is 18.4 Å². The number of benzene rings is 1. The minimum atomic E-state index is -4.86. The average Bonchev–Trinajstić information content (AvgIpc) is 2.81. The fraction of sp³-hybridized carbons (Fsp3) is 0.462. The van der Waals surface area contributed by atoms with Crippen molar-refractivity contribution in [2.45, 2.75) is 25.9 Å². The van der Waals surface area contributed by atoms with Crippen molar-refractivity contribution in [3.63, 3.8) is 0 Å². The lowest BCUT2D eigenvalue weighted by Gasteiger charge is -2.20. The average molecular weight is 272 g/mol. The first-order valence-corrected chi connectivity index (χ1v) is 6.12. The maximum Gasteiger partial charge on any atom is 0.471 e. The third kappa shape index (κ3) is 3.19. The Bertz CT molecular complexity index is 479. The Hall–Kier alpha value is -1.72. The van der Waals surface area contributed by atoms with Gasteiger partial charge in [-0.05, 0) is 43.5 Å². The molecule has 1 aromatic rings. The zero-order valence-electron chi connectivity index (χ0n) is 10.5. The number of amides is 1. The summed E-state index contributed by atoms with van der Waals surface area (Å²) in [6, 6.07) is 4.83. The van der Waals surface area contributed by atoms with E-state index >= 15 is 0 Å². The van der Waals surface area contributed by atoms with E-state index in [1.165, 1.54) is 6.07 Å². The van der Waals surface area contributed by atoms with Crippen LogP contribution in [0.3, 0.4) is 0 Å². The number of alkyl halides is 3. The third-order valence-electron chi connectivity index (χ3n) is 3.16. The fourth-order valence-corrected chi connectivity index (χ4v) is 2.25. The molecular weight excluding hydrogens is 257 g/mol. The number of hydrogen-bond donors (Lipinski definition) is 1. The van der Waals surface area contributed by atoms with Gasteiger partial charge in [0.15, 0.2) is 0 Å². The lowest BCUT2D eigenvalue weighted by molar-refractivity contribution is -0.167. The normalized spacial score (nSPS) is 15.7. The largest absolute Gasteiger partial charge is 0.471 e. The van der Waals surface area contributed by atoms with Gasteiger partial charge in [0.2, 0.25) is 0 Å². The van der Waals surface area contributed by atoms with Gasteiger partial charge < -0.3 is 10.2 Å². The number of halogens is 3. The van der Waals surface area contributed by atoms with Crippen molar-refractivity contribution >= 4 is 17.3 Å². The Kier molecular flexibility index (Phi) is 3.68. The molecule has 0 spiro atoms. The molecule has 19 heavy (non-hydrogen) atoms. The molecule has 1 aliphatic heterocycles. The van der Waals surface area contributed by atoms with E-state index in [0.29, 0.717) is 0 Å². The van der Waals surface area contributed by atoms with Crippen LogP contribution in [0.4, 0.5) is 24.5 Å². The highest BCUT2D eigenvalue weighted by molar-refractivity contribution is 5.95. The molecule has 0 radical (unpaired) electrons. The van der Waals surface area contributed by atoms with Crippen molar-refractivity contribution in [1.82, 2.24) is 0 Å². The second-order valence-corrected chi connectivity index (χ2v) is 4.65. The maximum absolute atomic E-state index is 12.1. The Morgan fingerprint density at radius 2 is 1.89 bits per heavy atom. The van der Waals surface area contributed by atoms with Crippen molar-refractivity contribution in [2.75, 3.05) is 23.3 Å². The molecule has 1 fully saturated rings. The SMILES string of the molecule is Cc1cc(NC(=O)C(F)(F)F)ccc1N1CCCC1. The molecule has 0 aromatic heterocycles. The molecule has 1 amide bonds.